The number of nitrogens with zero attached hydrogens (tertiary/aromatic N) is 3. The lowest BCUT2D eigenvalue weighted by molar-refractivity contribution is -0.121. The van der Waals surface area contributed by atoms with E-state index in [1.165, 1.54) is 4.57 Å². The summed E-state index contributed by atoms with van der Waals surface area (Å²) in [5.74, 6) is 0.237. The Kier molecular flexibility index (Phi) is 4.16. The first-order valence-corrected chi connectivity index (χ1v) is 6.70. The molecular weight excluding hydrogens is 260 g/mol. The Hall–Kier alpha value is -2.18. The van der Waals surface area contributed by atoms with Gasteiger partial charge in [-0.25, -0.2) is 0 Å². The molecule has 0 spiro atoms. The molecule has 108 valence electrons. The smallest absolute Gasteiger partial charge is 0.267 e. The van der Waals surface area contributed by atoms with Crippen LogP contribution in [0.5, 0.6) is 0 Å². The predicted molar refractivity (Wildman–Crippen MR) is 73.5 cm³/mol. The Morgan fingerprint density at radius 3 is 2.80 bits per heavy atom. The molecule has 0 unspecified atom stereocenters. The number of hydrogen-bond donors (Lipinski definition) is 1. The Morgan fingerprint density at radius 1 is 1.40 bits per heavy atom. The van der Waals surface area contributed by atoms with Gasteiger partial charge in [0.25, 0.3) is 11.3 Å². The molecule has 2 aromatic heterocycles. The molecule has 7 nitrogen and oxygen atoms in total. The van der Waals surface area contributed by atoms with Crippen molar-refractivity contribution in [2.75, 3.05) is 6.54 Å². The first-order chi connectivity index (χ1) is 9.58. The molecule has 0 saturated carbocycles. The number of nitrogens with one attached hydrogen (secondary N) is 1. The van der Waals surface area contributed by atoms with E-state index in [1.807, 2.05) is 13.8 Å². The number of aryl methyl sites for hydroxylation is 2. The van der Waals surface area contributed by atoms with Gasteiger partial charge in [-0.05, 0) is 19.8 Å². The summed E-state index contributed by atoms with van der Waals surface area (Å²) < 4.78 is 6.40. The summed E-state index contributed by atoms with van der Waals surface area (Å²) in [6.45, 7) is 6.07. The molecule has 2 aromatic rings. The second-order valence-electron chi connectivity index (χ2n) is 4.56. The third-order valence-corrected chi connectivity index (χ3v) is 3.07. The van der Waals surface area contributed by atoms with Crippen LogP contribution in [0, 0.1) is 6.92 Å². The van der Waals surface area contributed by atoms with Gasteiger partial charge < -0.3 is 9.84 Å². The summed E-state index contributed by atoms with van der Waals surface area (Å²) in [5, 5.41) is 6.94. The average Bonchev–Trinajstić information content (AvgIpc) is 2.84. The number of fused-ring (bicyclic) bond motifs is 1. The lowest BCUT2D eigenvalue weighted by Crippen LogP contribution is -2.34. The minimum Gasteiger partial charge on any atom is -0.355 e. The maximum atomic E-state index is 12.4. The zero-order chi connectivity index (χ0) is 14.7. The van der Waals surface area contributed by atoms with Crippen molar-refractivity contribution in [3.63, 3.8) is 0 Å². The van der Waals surface area contributed by atoms with Gasteiger partial charge in [-0.1, -0.05) is 19.0 Å². The van der Waals surface area contributed by atoms with Crippen molar-refractivity contribution < 1.29 is 9.32 Å². The molecule has 2 heterocycles. The monoisotopic (exact) mass is 278 g/mol. The van der Waals surface area contributed by atoms with E-state index < -0.39 is 0 Å². The van der Waals surface area contributed by atoms with E-state index in [0.29, 0.717) is 29.9 Å². The van der Waals surface area contributed by atoms with E-state index in [-0.39, 0.29) is 23.7 Å². The van der Waals surface area contributed by atoms with Crippen LogP contribution < -0.4 is 10.9 Å². The molecule has 1 N–H and O–H groups in total. The van der Waals surface area contributed by atoms with Gasteiger partial charge in [0.2, 0.25) is 5.91 Å². The van der Waals surface area contributed by atoms with Crippen LogP contribution >= 0.6 is 0 Å². The fourth-order valence-electron chi connectivity index (χ4n) is 1.98. The summed E-state index contributed by atoms with van der Waals surface area (Å²) in [5.41, 5.74) is 0.520. The Bertz CT molecular complexity index is 687. The molecule has 0 aliphatic rings. The van der Waals surface area contributed by atoms with Gasteiger partial charge in [0.15, 0.2) is 0 Å². The second-order valence-corrected chi connectivity index (χ2v) is 4.56. The zero-order valence-corrected chi connectivity index (χ0v) is 11.9. The number of aromatic nitrogens is 3. The lowest BCUT2D eigenvalue weighted by Gasteiger charge is -2.09. The van der Waals surface area contributed by atoms with Gasteiger partial charge in [-0.15, -0.1) is 0 Å². The van der Waals surface area contributed by atoms with Crippen molar-refractivity contribution >= 4 is 17.0 Å². The van der Waals surface area contributed by atoms with Crippen molar-refractivity contribution in [3.05, 3.63) is 21.9 Å². The highest BCUT2D eigenvalue weighted by atomic mass is 16.5. The fraction of sp³-hybridized carbons (Fsp3) is 0.538. The van der Waals surface area contributed by atoms with E-state index in [9.17, 15) is 9.59 Å². The summed E-state index contributed by atoms with van der Waals surface area (Å²) in [4.78, 5) is 28.4. The third kappa shape index (κ3) is 2.56. The van der Waals surface area contributed by atoms with E-state index >= 15 is 0 Å². The summed E-state index contributed by atoms with van der Waals surface area (Å²) >= 11 is 0. The maximum absolute atomic E-state index is 12.4. The van der Waals surface area contributed by atoms with Crippen LogP contribution in [0.4, 0.5) is 0 Å². The number of rotatable bonds is 5. The van der Waals surface area contributed by atoms with Gasteiger partial charge in [0.1, 0.15) is 17.8 Å². The van der Waals surface area contributed by atoms with Gasteiger partial charge in [-0.2, -0.15) is 4.98 Å². The first kappa shape index (κ1) is 14.2. The standard InChI is InChI=1S/C13H18N4O3/c1-4-6-14-10(18)7-17-8(3)15-12-11(13(17)19)9(5-2)16-20-12/h4-7H2,1-3H3,(H,14,18). The molecule has 0 saturated heterocycles. The van der Waals surface area contributed by atoms with Crippen LogP contribution in [-0.4, -0.2) is 27.2 Å². The largest absolute Gasteiger partial charge is 0.355 e. The molecule has 0 radical (unpaired) electrons. The molecule has 20 heavy (non-hydrogen) atoms. The van der Waals surface area contributed by atoms with Crippen molar-refractivity contribution in [3.8, 4) is 0 Å². The summed E-state index contributed by atoms with van der Waals surface area (Å²) in [6.07, 6.45) is 1.43. The van der Waals surface area contributed by atoms with E-state index in [0.717, 1.165) is 6.42 Å². The molecule has 0 aliphatic carbocycles. The molecule has 0 aliphatic heterocycles. The topological polar surface area (TPSA) is 90.0 Å². The maximum Gasteiger partial charge on any atom is 0.267 e. The molecule has 1 amide bonds. The van der Waals surface area contributed by atoms with Gasteiger partial charge >= 0.3 is 0 Å². The molecule has 7 heteroatoms. The van der Waals surface area contributed by atoms with Crippen molar-refractivity contribution in [1.29, 1.82) is 0 Å². The predicted octanol–water partition coefficient (Wildman–Crippen LogP) is 0.782. The number of hydrogen-bond acceptors (Lipinski definition) is 5. The van der Waals surface area contributed by atoms with Crippen LogP contribution in [0.3, 0.4) is 0 Å². The van der Waals surface area contributed by atoms with E-state index in [2.05, 4.69) is 15.5 Å². The van der Waals surface area contributed by atoms with E-state index in [1.54, 1.807) is 6.92 Å². The first-order valence-electron chi connectivity index (χ1n) is 6.70. The second kappa shape index (κ2) is 5.85. The quantitative estimate of drug-likeness (QED) is 0.873. The lowest BCUT2D eigenvalue weighted by atomic mass is 10.2. The molecular formula is C13H18N4O3. The number of carbonyl (C=O) groups is 1. The molecule has 0 bridgehead atoms. The minimum absolute atomic E-state index is 0.0397. The van der Waals surface area contributed by atoms with Crippen molar-refractivity contribution in [1.82, 2.24) is 20.0 Å². The normalized spacial score (nSPS) is 10.9. The van der Waals surface area contributed by atoms with Crippen LogP contribution in [0.1, 0.15) is 31.8 Å². The fourth-order valence-corrected chi connectivity index (χ4v) is 1.98. The Labute approximate surface area is 116 Å². The number of carbonyl (C=O) groups excluding carboxylic acids is 1. The van der Waals surface area contributed by atoms with Crippen LogP contribution in [0.2, 0.25) is 0 Å². The SMILES string of the molecule is CCCNC(=O)Cn1c(C)nc2onc(CC)c2c1=O. The van der Waals surface area contributed by atoms with Gasteiger partial charge in [-0.3, -0.25) is 14.2 Å². The summed E-state index contributed by atoms with van der Waals surface area (Å²) in [6, 6.07) is 0. The molecule has 0 atom stereocenters. The highest BCUT2D eigenvalue weighted by Gasteiger charge is 2.17. The molecule has 0 aromatic carbocycles. The Balaban J connectivity index is 2.42. The average molecular weight is 278 g/mol. The van der Waals surface area contributed by atoms with E-state index in [4.69, 9.17) is 4.52 Å². The highest BCUT2D eigenvalue weighted by molar-refractivity contribution is 5.77. The third-order valence-electron chi connectivity index (χ3n) is 3.07. The van der Waals surface area contributed by atoms with Crippen LogP contribution in [-0.2, 0) is 17.8 Å². The minimum atomic E-state index is -0.280. The van der Waals surface area contributed by atoms with Crippen LogP contribution in [0.25, 0.3) is 11.1 Å². The zero-order valence-electron chi connectivity index (χ0n) is 11.9. The van der Waals surface area contributed by atoms with Crippen molar-refractivity contribution in [2.45, 2.75) is 40.2 Å². The summed E-state index contributed by atoms with van der Waals surface area (Å²) in [7, 11) is 0. The molecule has 0 fully saturated rings. The highest BCUT2D eigenvalue weighted by Crippen LogP contribution is 2.13. The van der Waals surface area contributed by atoms with Gasteiger partial charge in [0, 0.05) is 6.54 Å². The number of amides is 1. The van der Waals surface area contributed by atoms with Gasteiger partial charge in [0.05, 0.1) is 5.69 Å². The van der Waals surface area contributed by atoms with Crippen LogP contribution in [0.15, 0.2) is 9.32 Å². The molecule has 2 rings (SSSR count). The Morgan fingerprint density at radius 2 is 2.15 bits per heavy atom. The van der Waals surface area contributed by atoms with Crippen molar-refractivity contribution in [2.24, 2.45) is 0 Å².